The number of Topliss-reactive ketones (excluding diaryl/α,β-unsaturated/α-hetero) is 1. The molecule has 20 heavy (non-hydrogen) atoms. The van der Waals surface area contributed by atoms with Crippen LogP contribution in [0.5, 0.6) is 0 Å². The number of allylic oxidation sites excluding steroid dienone is 5. The molecule has 1 saturated carbocycles. The molecule has 1 aliphatic carbocycles. The molecule has 0 amide bonds. The van der Waals surface area contributed by atoms with Gasteiger partial charge in [-0.05, 0) is 57.6 Å². The normalized spacial score (nSPS) is 22.6. The predicted octanol–water partition coefficient (Wildman–Crippen LogP) is 3.75. The molecular formula is C15H22O3S2. The summed E-state index contributed by atoms with van der Waals surface area (Å²) in [6.45, 7) is 6.27. The van der Waals surface area contributed by atoms with Crippen molar-refractivity contribution in [1.82, 2.24) is 0 Å². The van der Waals surface area contributed by atoms with Gasteiger partial charge in [-0.25, -0.2) is 0 Å². The van der Waals surface area contributed by atoms with Gasteiger partial charge in [-0.2, -0.15) is 0 Å². The van der Waals surface area contributed by atoms with Gasteiger partial charge in [-0.3, -0.25) is 4.79 Å². The molecule has 1 fully saturated rings. The van der Waals surface area contributed by atoms with Crippen LogP contribution in [0.2, 0.25) is 0 Å². The molecule has 1 rings (SSSR count). The number of carbonyl (C=O) groups is 1. The fourth-order valence-corrected chi connectivity index (χ4v) is 3.13. The SMILES string of the molecule is C=C/C(=C\C=C/C)CC1CCC(COS)(COS)C1=O. The van der Waals surface area contributed by atoms with E-state index in [2.05, 4.69) is 32.4 Å². The van der Waals surface area contributed by atoms with Crippen LogP contribution >= 0.6 is 25.8 Å². The highest BCUT2D eigenvalue weighted by atomic mass is 32.1. The van der Waals surface area contributed by atoms with Crippen molar-refractivity contribution in [2.24, 2.45) is 11.3 Å². The van der Waals surface area contributed by atoms with Crippen molar-refractivity contribution in [1.29, 1.82) is 0 Å². The molecule has 0 aliphatic heterocycles. The van der Waals surface area contributed by atoms with E-state index in [-0.39, 0.29) is 24.9 Å². The minimum absolute atomic E-state index is 0.0172. The lowest BCUT2D eigenvalue weighted by Gasteiger charge is -2.25. The molecule has 1 atom stereocenters. The van der Waals surface area contributed by atoms with E-state index in [0.717, 1.165) is 18.4 Å². The summed E-state index contributed by atoms with van der Waals surface area (Å²) in [5.41, 5.74) is 0.456. The lowest BCUT2D eigenvalue weighted by atomic mass is 9.84. The van der Waals surface area contributed by atoms with Gasteiger partial charge in [0.05, 0.1) is 18.6 Å². The predicted molar refractivity (Wildman–Crippen MR) is 87.8 cm³/mol. The lowest BCUT2D eigenvalue weighted by molar-refractivity contribution is -0.131. The third kappa shape index (κ3) is 4.25. The fraction of sp³-hybridized carbons (Fsp3) is 0.533. The Morgan fingerprint density at radius 2 is 2.10 bits per heavy atom. The van der Waals surface area contributed by atoms with Crippen LogP contribution in [0.4, 0.5) is 0 Å². The zero-order chi connectivity index (χ0) is 15.0. The van der Waals surface area contributed by atoms with Gasteiger partial charge >= 0.3 is 0 Å². The fourth-order valence-electron chi connectivity index (χ4n) is 2.63. The van der Waals surface area contributed by atoms with E-state index in [1.165, 1.54) is 0 Å². The first-order valence-electron chi connectivity index (χ1n) is 6.65. The van der Waals surface area contributed by atoms with Crippen molar-refractivity contribution in [3.05, 3.63) is 36.5 Å². The molecule has 1 unspecified atom stereocenters. The first kappa shape index (κ1) is 17.6. The molecule has 0 radical (unpaired) electrons. The van der Waals surface area contributed by atoms with E-state index in [4.69, 9.17) is 8.37 Å². The summed E-state index contributed by atoms with van der Waals surface area (Å²) in [6, 6.07) is 0. The molecule has 0 N–H and O–H groups in total. The Morgan fingerprint density at radius 3 is 2.60 bits per heavy atom. The average Bonchev–Trinajstić information content (AvgIpc) is 2.73. The zero-order valence-corrected chi connectivity index (χ0v) is 13.5. The second-order valence-corrected chi connectivity index (χ2v) is 5.62. The molecule has 0 saturated heterocycles. The number of hydrogen-bond acceptors (Lipinski definition) is 5. The third-order valence-electron chi connectivity index (χ3n) is 3.79. The van der Waals surface area contributed by atoms with Crippen LogP contribution in [0, 0.1) is 11.3 Å². The average molecular weight is 314 g/mol. The van der Waals surface area contributed by atoms with E-state index in [9.17, 15) is 4.79 Å². The second-order valence-electron chi connectivity index (χ2n) is 5.10. The molecule has 0 aromatic heterocycles. The first-order valence-corrected chi connectivity index (χ1v) is 7.38. The molecule has 0 spiro atoms. The van der Waals surface area contributed by atoms with Crippen LogP contribution in [0.3, 0.4) is 0 Å². The highest BCUT2D eigenvalue weighted by Gasteiger charge is 2.48. The topological polar surface area (TPSA) is 35.5 Å². The maximum absolute atomic E-state index is 12.6. The van der Waals surface area contributed by atoms with E-state index >= 15 is 0 Å². The summed E-state index contributed by atoms with van der Waals surface area (Å²) in [6.07, 6.45) is 9.97. The summed E-state index contributed by atoms with van der Waals surface area (Å²) in [5, 5.41) is 0. The summed E-state index contributed by atoms with van der Waals surface area (Å²) < 4.78 is 9.82. The Morgan fingerprint density at radius 1 is 1.45 bits per heavy atom. The quantitative estimate of drug-likeness (QED) is 0.407. The van der Waals surface area contributed by atoms with Gasteiger partial charge in [-0.15, -0.1) is 0 Å². The number of carbonyl (C=O) groups excluding carboxylic acids is 1. The van der Waals surface area contributed by atoms with Gasteiger partial charge < -0.3 is 8.37 Å². The van der Waals surface area contributed by atoms with E-state index < -0.39 is 5.41 Å². The summed E-state index contributed by atoms with van der Waals surface area (Å²) in [5.74, 6) is 0.158. The first-order chi connectivity index (χ1) is 9.63. The van der Waals surface area contributed by atoms with Crippen LogP contribution in [0.1, 0.15) is 26.2 Å². The van der Waals surface area contributed by atoms with Gasteiger partial charge in [0, 0.05) is 5.92 Å². The minimum Gasteiger partial charge on any atom is -0.317 e. The third-order valence-corrected chi connectivity index (χ3v) is 4.05. The van der Waals surface area contributed by atoms with Crippen molar-refractivity contribution in [3.8, 4) is 0 Å². The van der Waals surface area contributed by atoms with Crippen molar-refractivity contribution >= 4 is 31.6 Å². The van der Waals surface area contributed by atoms with Crippen LogP contribution in [0.15, 0.2) is 36.5 Å². The van der Waals surface area contributed by atoms with Crippen molar-refractivity contribution in [2.45, 2.75) is 26.2 Å². The summed E-state index contributed by atoms with van der Waals surface area (Å²) >= 11 is 7.56. The van der Waals surface area contributed by atoms with E-state index in [1.54, 1.807) is 6.08 Å². The second kappa shape index (κ2) is 8.72. The van der Waals surface area contributed by atoms with Crippen LogP contribution < -0.4 is 0 Å². The largest absolute Gasteiger partial charge is 0.317 e. The zero-order valence-electron chi connectivity index (χ0n) is 11.7. The van der Waals surface area contributed by atoms with Crippen LogP contribution in [-0.2, 0) is 13.2 Å². The number of hydrogen-bond donors (Lipinski definition) is 2. The molecule has 5 heteroatoms. The summed E-state index contributed by atoms with van der Waals surface area (Å²) in [7, 11) is 0. The molecule has 1 aliphatic rings. The van der Waals surface area contributed by atoms with Crippen molar-refractivity contribution in [2.75, 3.05) is 13.2 Å². The van der Waals surface area contributed by atoms with Gasteiger partial charge in [0.15, 0.2) is 0 Å². The standard InChI is InChI=1S/C15H22O3S2/c1-3-5-6-12(4-2)9-13-7-8-15(10-17-19,11-18-20)14(13)16/h3-6,13,19-20H,2,7-11H2,1H3/b5-3-,12-6+. The smallest absolute Gasteiger partial charge is 0.147 e. The van der Waals surface area contributed by atoms with Crippen LogP contribution in [0.25, 0.3) is 0 Å². The highest BCUT2D eigenvalue weighted by molar-refractivity contribution is 7.75. The molecular weight excluding hydrogens is 292 g/mol. The monoisotopic (exact) mass is 314 g/mol. The van der Waals surface area contributed by atoms with E-state index in [0.29, 0.717) is 6.42 Å². The van der Waals surface area contributed by atoms with Gasteiger partial charge in [0.2, 0.25) is 0 Å². The molecule has 0 heterocycles. The number of ketones is 1. The maximum Gasteiger partial charge on any atom is 0.147 e. The highest BCUT2D eigenvalue weighted by Crippen LogP contribution is 2.42. The Labute approximate surface area is 132 Å². The van der Waals surface area contributed by atoms with Gasteiger partial charge in [0.25, 0.3) is 0 Å². The van der Waals surface area contributed by atoms with Crippen molar-refractivity contribution < 1.29 is 13.2 Å². The maximum atomic E-state index is 12.6. The number of rotatable bonds is 8. The Bertz CT molecular complexity index is 396. The molecule has 0 aromatic carbocycles. The van der Waals surface area contributed by atoms with Crippen molar-refractivity contribution in [3.63, 3.8) is 0 Å². The lowest BCUT2D eigenvalue weighted by Crippen LogP contribution is -2.36. The molecule has 0 bridgehead atoms. The summed E-state index contributed by atoms with van der Waals surface area (Å²) in [4.78, 5) is 12.6. The Hall–Kier alpha value is -0.490. The Balaban J connectivity index is 2.80. The van der Waals surface area contributed by atoms with Crippen LogP contribution in [-0.4, -0.2) is 19.0 Å². The molecule has 0 aromatic rings. The molecule has 112 valence electrons. The molecule has 3 nitrogen and oxygen atoms in total. The van der Waals surface area contributed by atoms with Gasteiger partial charge in [-0.1, -0.05) is 30.9 Å². The van der Waals surface area contributed by atoms with E-state index in [1.807, 2.05) is 25.2 Å². The number of thiol groups is 2. The Kier molecular flexibility index (Phi) is 7.66. The van der Waals surface area contributed by atoms with Gasteiger partial charge in [0.1, 0.15) is 5.78 Å². The minimum atomic E-state index is -0.610.